The van der Waals surface area contributed by atoms with Gasteiger partial charge in [0.25, 0.3) is 0 Å². The van der Waals surface area contributed by atoms with Crippen LogP contribution in [0.2, 0.25) is 0 Å². The Morgan fingerprint density at radius 1 is 1.07 bits per heavy atom. The Balaban J connectivity index is 0.00000210. The number of nitrogens with zero attached hydrogens (tertiary/aromatic N) is 1. The van der Waals surface area contributed by atoms with Gasteiger partial charge in [0, 0.05) is 32.1 Å². The quantitative estimate of drug-likeness (QED) is 0.684. The molecule has 2 atom stereocenters. The van der Waals surface area contributed by atoms with Gasteiger partial charge in [0.1, 0.15) is 0 Å². The van der Waals surface area contributed by atoms with Crippen LogP contribution in [0.5, 0.6) is 0 Å². The molecule has 3 N–H and O–H groups in total. The van der Waals surface area contributed by atoms with Gasteiger partial charge in [-0.25, -0.2) is 0 Å². The summed E-state index contributed by atoms with van der Waals surface area (Å²) >= 11 is 0. The predicted octanol–water partition coefficient (Wildman–Crippen LogP) is 4.40. The van der Waals surface area contributed by atoms with Gasteiger partial charge in [-0.15, -0.1) is 24.8 Å². The van der Waals surface area contributed by atoms with Crippen LogP contribution in [-0.4, -0.2) is 36.5 Å². The molecule has 1 heterocycles. The summed E-state index contributed by atoms with van der Waals surface area (Å²) in [5, 5.41) is 3.39. The van der Waals surface area contributed by atoms with Crippen LogP contribution in [0.1, 0.15) is 57.9 Å². The monoisotopic (exact) mass is 443 g/mol. The lowest BCUT2D eigenvalue weighted by atomic mass is 9.71. The fraction of sp³-hybridized carbons (Fsp3) is 0.696. The molecule has 6 heteroatoms. The summed E-state index contributed by atoms with van der Waals surface area (Å²) in [7, 11) is 0. The summed E-state index contributed by atoms with van der Waals surface area (Å²) in [6.45, 7) is 8.25. The third-order valence-corrected chi connectivity index (χ3v) is 6.78. The number of halogens is 2. The summed E-state index contributed by atoms with van der Waals surface area (Å²) < 4.78 is 0. The third-order valence-electron chi connectivity index (χ3n) is 6.78. The number of likely N-dealkylation sites (tertiary alicyclic amines) is 1. The average Bonchev–Trinajstić information content (AvgIpc) is 2.66. The molecule has 1 aromatic carbocycles. The molecule has 0 aromatic heterocycles. The second kappa shape index (κ2) is 12.1. The van der Waals surface area contributed by atoms with Crippen molar-refractivity contribution in [1.82, 2.24) is 10.2 Å². The van der Waals surface area contributed by atoms with Crippen molar-refractivity contribution in [3.63, 3.8) is 0 Å². The van der Waals surface area contributed by atoms with E-state index < -0.39 is 0 Å². The Morgan fingerprint density at radius 3 is 2.21 bits per heavy atom. The number of carbonyl (C=O) groups excluding carboxylic acids is 1. The van der Waals surface area contributed by atoms with E-state index >= 15 is 0 Å². The molecule has 29 heavy (non-hydrogen) atoms. The highest BCUT2D eigenvalue weighted by Gasteiger charge is 2.36. The normalized spacial score (nSPS) is 26.7. The van der Waals surface area contributed by atoms with Crippen LogP contribution in [0.15, 0.2) is 30.3 Å². The summed E-state index contributed by atoms with van der Waals surface area (Å²) in [5.74, 6) is 1.13. The van der Waals surface area contributed by atoms with E-state index in [0.717, 1.165) is 32.5 Å². The summed E-state index contributed by atoms with van der Waals surface area (Å²) in [6, 6.07) is 10.9. The highest BCUT2D eigenvalue weighted by atomic mass is 35.5. The van der Waals surface area contributed by atoms with E-state index in [0.29, 0.717) is 24.8 Å². The van der Waals surface area contributed by atoms with Crippen molar-refractivity contribution >= 4 is 30.7 Å². The lowest BCUT2D eigenvalue weighted by molar-refractivity contribution is -0.126. The van der Waals surface area contributed by atoms with Crippen molar-refractivity contribution in [3.05, 3.63) is 35.9 Å². The standard InChI is InChI=1S/C23H37N3O.2ClH/c1-18-14-26(16-20-9-5-3-6-10-20)15-19(2)22(18)25-21(27)13-23(17-24)11-7-4-8-12-23;;/h3,5-6,9-10,18-19,22H,4,7-8,11-17,24H2,1-2H3,(H,25,27);2*1H. The number of benzene rings is 1. The first-order valence-corrected chi connectivity index (χ1v) is 10.8. The van der Waals surface area contributed by atoms with Gasteiger partial charge >= 0.3 is 0 Å². The molecule has 2 aliphatic rings. The lowest BCUT2D eigenvalue weighted by Crippen LogP contribution is -2.55. The van der Waals surface area contributed by atoms with Gasteiger partial charge in [0.15, 0.2) is 0 Å². The van der Waals surface area contributed by atoms with Crippen molar-refractivity contribution in [2.24, 2.45) is 23.0 Å². The molecule has 2 unspecified atom stereocenters. The van der Waals surface area contributed by atoms with Gasteiger partial charge in [-0.1, -0.05) is 63.4 Å². The molecule has 166 valence electrons. The van der Waals surface area contributed by atoms with E-state index in [1.807, 2.05) is 0 Å². The first-order chi connectivity index (χ1) is 13.0. The van der Waals surface area contributed by atoms with Crippen LogP contribution in [-0.2, 0) is 11.3 Å². The molecular weight excluding hydrogens is 405 g/mol. The highest BCUT2D eigenvalue weighted by Crippen LogP contribution is 2.38. The van der Waals surface area contributed by atoms with Gasteiger partial charge < -0.3 is 11.1 Å². The molecule has 1 amide bonds. The fourth-order valence-electron chi connectivity index (χ4n) is 5.26. The van der Waals surface area contributed by atoms with Crippen LogP contribution >= 0.6 is 24.8 Å². The minimum absolute atomic E-state index is 0. The summed E-state index contributed by atoms with van der Waals surface area (Å²) in [6.07, 6.45) is 6.55. The lowest BCUT2D eigenvalue weighted by Gasteiger charge is -2.42. The van der Waals surface area contributed by atoms with E-state index in [-0.39, 0.29) is 42.2 Å². The van der Waals surface area contributed by atoms with Crippen LogP contribution in [0.4, 0.5) is 0 Å². The summed E-state index contributed by atoms with van der Waals surface area (Å²) in [4.78, 5) is 15.4. The predicted molar refractivity (Wildman–Crippen MR) is 126 cm³/mol. The second-order valence-electron chi connectivity index (χ2n) is 9.17. The van der Waals surface area contributed by atoms with Crippen molar-refractivity contribution in [1.29, 1.82) is 0 Å². The Hall–Kier alpha value is -0.810. The van der Waals surface area contributed by atoms with E-state index in [2.05, 4.69) is 54.4 Å². The Bertz CT molecular complexity index is 595. The minimum atomic E-state index is 0. The molecule has 1 saturated heterocycles. The molecule has 3 rings (SSSR count). The fourth-order valence-corrected chi connectivity index (χ4v) is 5.26. The van der Waals surface area contributed by atoms with Crippen LogP contribution in [0.25, 0.3) is 0 Å². The number of carbonyl (C=O) groups is 1. The number of hydrogen-bond acceptors (Lipinski definition) is 3. The van der Waals surface area contributed by atoms with Crippen molar-refractivity contribution in [2.45, 2.75) is 65.0 Å². The molecular formula is C23H39Cl2N3O. The first kappa shape index (κ1) is 26.2. The molecule has 0 radical (unpaired) electrons. The van der Waals surface area contributed by atoms with E-state index in [4.69, 9.17) is 5.73 Å². The third kappa shape index (κ3) is 7.13. The van der Waals surface area contributed by atoms with E-state index in [1.54, 1.807) is 0 Å². The number of amides is 1. The van der Waals surface area contributed by atoms with Crippen molar-refractivity contribution in [2.75, 3.05) is 19.6 Å². The maximum absolute atomic E-state index is 12.8. The zero-order chi connectivity index (χ0) is 19.3. The number of hydrogen-bond donors (Lipinski definition) is 2. The highest BCUT2D eigenvalue weighted by molar-refractivity contribution is 5.85. The van der Waals surface area contributed by atoms with Gasteiger partial charge in [-0.05, 0) is 42.2 Å². The second-order valence-corrected chi connectivity index (χ2v) is 9.17. The number of rotatable bonds is 6. The number of piperidine rings is 1. The average molecular weight is 444 g/mol. The molecule has 1 saturated carbocycles. The maximum Gasteiger partial charge on any atom is 0.220 e. The molecule has 2 fully saturated rings. The molecule has 4 nitrogen and oxygen atoms in total. The topological polar surface area (TPSA) is 58.4 Å². The SMILES string of the molecule is CC1CN(Cc2ccccc2)CC(C)C1NC(=O)CC1(CN)CCCCC1.Cl.Cl. The van der Waals surface area contributed by atoms with Crippen LogP contribution in [0.3, 0.4) is 0 Å². The minimum Gasteiger partial charge on any atom is -0.353 e. The van der Waals surface area contributed by atoms with E-state index in [9.17, 15) is 4.79 Å². The molecule has 1 aromatic rings. The molecule has 1 aliphatic carbocycles. The summed E-state index contributed by atoms with van der Waals surface area (Å²) in [5.41, 5.74) is 7.49. The largest absolute Gasteiger partial charge is 0.353 e. The van der Waals surface area contributed by atoms with Crippen molar-refractivity contribution in [3.8, 4) is 0 Å². The molecule has 0 spiro atoms. The van der Waals surface area contributed by atoms with Gasteiger partial charge in [-0.3, -0.25) is 9.69 Å². The zero-order valence-electron chi connectivity index (χ0n) is 17.9. The Morgan fingerprint density at radius 2 is 1.66 bits per heavy atom. The van der Waals surface area contributed by atoms with Crippen LogP contribution in [0, 0.1) is 17.3 Å². The smallest absolute Gasteiger partial charge is 0.220 e. The number of nitrogens with one attached hydrogen (secondary N) is 1. The maximum atomic E-state index is 12.8. The van der Waals surface area contributed by atoms with Crippen LogP contribution < -0.4 is 11.1 Å². The van der Waals surface area contributed by atoms with Gasteiger partial charge in [0.05, 0.1) is 0 Å². The van der Waals surface area contributed by atoms with E-state index in [1.165, 1.54) is 24.8 Å². The van der Waals surface area contributed by atoms with Gasteiger partial charge in [0.2, 0.25) is 5.91 Å². The Kier molecular flexibility index (Phi) is 11.0. The molecule has 0 bridgehead atoms. The zero-order valence-corrected chi connectivity index (χ0v) is 19.6. The molecule has 1 aliphatic heterocycles. The van der Waals surface area contributed by atoms with Crippen molar-refractivity contribution < 1.29 is 4.79 Å². The number of nitrogens with two attached hydrogens (primary N) is 1. The first-order valence-electron chi connectivity index (χ1n) is 10.8. The Labute approximate surface area is 189 Å². The van der Waals surface area contributed by atoms with Gasteiger partial charge in [-0.2, -0.15) is 0 Å².